The Kier molecular flexibility index (Phi) is 4.22. The maximum Gasteiger partial charge on any atom is 0.147 e. The van der Waals surface area contributed by atoms with Crippen molar-refractivity contribution in [3.63, 3.8) is 0 Å². The third-order valence-corrected chi connectivity index (χ3v) is 6.76. The highest BCUT2D eigenvalue weighted by atomic mass is 32.1. The molecule has 4 aromatic carbocycles. The summed E-state index contributed by atoms with van der Waals surface area (Å²) in [4.78, 5) is 5.04. The van der Waals surface area contributed by atoms with Crippen LogP contribution in [-0.2, 0) is 0 Å². The molecule has 0 saturated heterocycles. The largest absolute Gasteiger partial charge is 0.292 e. The molecule has 0 amide bonds. The lowest BCUT2D eigenvalue weighted by Crippen LogP contribution is -1.97. The summed E-state index contributed by atoms with van der Waals surface area (Å²) in [5.74, 6) is 0.988. The molecule has 3 heteroatoms. The van der Waals surface area contributed by atoms with E-state index in [1.54, 1.807) is 11.3 Å². The number of benzene rings is 4. The first kappa shape index (κ1) is 18.1. The maximum absolute atomic E-state index is 5.04. The molecule has 2 nitrogen and oxygen atoms in total. The van der Waals surface area contributed by atoms with Crippen molar-refractivity contribution in [3.05, 3.63) is 108 Å². The number of aromatic nitrogens is 2. The zero-order valence-corrected chi connectivity index (χ0v) is 17.9. The van der Waals surface area contributed by atoms with Gasteiger partial charge in [0.25, 0.3) is 0 Å². The lowest BCUT2D eigenvalue weighted by Gasteiger charge is -2.11. The van der Waals surface area contributed by atoms with Gasteiger partial charge in [0.1, 0.15) is 5.82 Å². The van der Waals surface area contributed by atoms with Gasteiger partial charge in [0.2, 0.25) is 0 Å². The zero-order valence-electron chi connectivity index (χ0n) is 17.1. The molecule has 0 unspecified atom stereocenters. The summed E-state index contributed by atoms with van der Waals surface area (Å²) >= 11 is 1.77. The van der Waals surface area contributed by atoms with E-state index in [2.05, 4.69) is 114 Å². The van der Waals surface area contributed by atoms with Crippen molar-refractivity contribution >= 4 is 32.5 Å². The minimum Gasteiger partial charge on any atom is -0.292 e. The van der Waals surface area contributed by atoms with E-state index >= 15 is 0 Å². The van der Waals surface area contributed by atoms with Crippen LogP contribution in [-0.4, -0.2) is 9.55 Å². The minimum atomic E-state index is 0.988. The number of aryl methyl sites for hydroxylation is 1. The Labute approximate surface area is 185 Å². The van der Waals surface area contributed by atoms with Crippen molar-refractivity contribution < 1.29 is 0 Å². The van der Waals surface area contributed by atoms with Crippen molar-refractivity contribution in [2.75, 3.05) is 0 Å². The fourth-order valence-corrected chi connectivity index (χ4v) is 5.11. The molecular weight excluding hydrogens is 396 g/mol. The first-order valence-electron chi connectivity index (χ1n) is 10.4. The van der Waals surface area contributed by atoms with Crippen molar-refractivity contribution in [3.8, 4) is 28.2 Å². The predicted molar refractivity (Wildman–Crippen MR) is 132 cm³/mol. The first-order chi connectivity index (χ1) is 15.3. The molecule has 0 atom stereocenters. The van der Waals surface area contributed by atoms with Crippen molar-refractivity contribution in [1.29, 1.82) is 0 Å². The summed E-state index contributed by atoms with van der Waals surface area (Å²) in [6, 6.07) is 34.4. The van der Waals surface area contributed by atoms with Gasteiger partial charge in [-0.2, -0.15) is 0 Å². The third kappa shape index (κ3) is 3.06. The van der Waals surface area contributed by atoms with Gasteiger partial charge >= 0.3 is 0 Å². The molecule has 0 aliphatic rings. The monoisotopic (exact) mass is 416 g/mol. The van der Waals surface area contributed by atoms with Gasteiger partial charge < -0.3 is 0 Å². The summed E-state index contributed by atoms with van der Waals surface area (Å²) in [6.07, 6.45) is 0. The molecule has 148 valence electrons. The lowest BCUT2D eigenvalue weighted by atomic mass is 10.0. The predicted octanol–water partition coefficient (Wildman–Crippen LogP) is 7.88. The van der Waals surface area contributed by atoms with Crippen LogP contribution >= 0.6 is 11.3 Å². The van der Waals surface area contributed by atoms with Gasteiger partial charge in [-0.15, -0.1) is 11.3 Å². The second kappa shape index (κ2) is 7.22. The van der Waals surface area contributed by atoms with Crippen LogP contribution < -0.4 is 0 Å². The molecular formula is C28H20N2S. The highest BCUT2D eigenvalue weighted by Crippen LogP contribution is 2.36. The Bertz CT molecular complexity index is 1520. The summed E-state index contributed by atoms with van der Waals surface area (Å²) < 4.78 is 3.56. The number of rotatable bonds is 3. The number of hydrogen-bond acceptors (Lipinski definition) is 2. The zero-order chi connectivity index (χ0) is 20.8. The Balaban J connectivity index is 1.54. The highest BCUT2D eigenvalue weighted by molar-refractivity contribution is 7.17. The number of para-hydroxylation sites is 2. The van der Waals surface area contributed by atoms with Crippen LogP contribution in [0.4, 0.5) is 0 Å². The molecule has 0 fully saturated rings. The van der Waals surface area contributed by atoms with E-state index in [9.17, 15) is 0 Å². The second-order valence-corrected chi connectivity index (χ2v) is 8.73. The van der Waals surface area contributed by atoms with E-state index in [4.69, 9.17) is 4.98 Å². The average Bonchev–Trinajstić information content (AvgIpc) is 3.41. The molecule has 6 rings (SSSR count). The molecule has 0 aliphatic carbocycles. The summed E-state index contributed by atoms with van der Waals surface area (Å²) in [7, 11) is 0. The van der Waals surface area contributed by atoms with E-state index in [1.807, 2.05) is 0 Å². The molecule has 0 radical (unpaired) electrons. The summed E-state index contributed by atoms with van der Waals surface area (Å²) in [6.45, 7) is 2.12. The number of nitrogens with zero attached hydrogens (tertiary/aromatic N) is 2. The van der Waals surface area contributed by atoms with E-state index in [-0.39, 0.29) is 0 Å². The number of hydrogen-bond donors (Lipinski definition) is 0. The van der Waals surface area contributed by atoms with Crippen LogP contribution in [0.5, 0.6) is 0 Å². The minimum absolute atomic E-state index is 0.988. The average molecular weight is 417 g/mol. The van der Waals surface area contributed by atoms with E-state index < -0.39 is 0 Å². The molecule has 6 aromatic rings. The maximum atomic E-state index is 5.04. The van der Waals surface area contributed by atoms with Crippen molar-refractivity contribution in [1.82, 2.24) is 9.55 Å². The molecule has 31 heavy (non-hydrogen) atoms. The number of imidazole rings is 1. The fraction of sp³-hybridized carbons (Fsp3) is 0.0357. The van der Waals surface area contributed by atoms with Crippen LogP contribution in [0, 0.1) is 6.92 Å². The first-order valence-corrected chi connectivity index (χ1v) is 11.3. The van der Waals surface area contributed by atoms with Gasteiger partial charge in [-0.25, -0.2) is 4.98 Å². The SMILES string of the molecule is Cc1ccc(-c2ccc(-n3c(-c4csc5ccccc45)nc4ccccc43)cc2)cc1. The smallest absolute Gasteiger partial charge is 0.147 e. The van der Waals surface area contributed by atoms with Gasteiger partial charge in [-0.1, -0.05) is 72.3 Å². The second-order valence-electron chi connectivity index (χ2n) is 7.82. The van der Waals surface area contributed by atoms with Crippen molar-refractivity contribution in [2.45, 2.75) is 6.92 Å². The molecule has 2 heterocycles. The topological polar surface area (TPSA) is 17.8 Å². The number of thiophene rings is 1. The standard InChI is InChI=1S/C28H20N2S/c1-19-10-12-20(13-11-19)21-14-16-22(17-15-21)30-26-8-4-3-7-25(26)29-28(30)24-18-31-27-9-5-2-6-23(24)27/h2-18H,1H3. The Hall–Kier alpha value is -3.69. The van der Waals surface area contributed by atoms with Crippen LogP contribution in [0.25, 0.3) is 49.3 Å². The molecule has 0 aliphatic heterocycles. The Morgan fingerprint density at radius 1 is 0.710 bits per heavy atom. The van der Waals surface area contributed by atoms with E-state index in [1.165, 1.54) is 32.3 Å². The molecule has 0 spiro atoms. The molecule has 0 bridgehead atoms. The third-order valence-electron chi connectivity index (χ3n) is 5.79. The van der Waals surface area contributed by atoms with Crippen molar-refractivity contribution in [2.24, 2.45) is 0 Å². The van der Waals surface area contributed by atoms with Crippen LogP contribution in [0.1, 0.15) is 5.56 Å². The van der Waals surface area contributed by atoms with Gasteiger partial charge in [-0.05, 0) is 48.4 Å². The Morgan fingerprint density at radius 2 is 1.39 bits per heavy atom. The quantitative estimate of drug-likeness (QED) is 0.287. The normalized spacial score (nSPS) is 11.4. The molecule has 0 saturated carbocycles. The van der Waals surface area contributed by atoms with E-state index in [0.29, 0.717) is 0 Å². The Morgan fingerprint density at radius 3 is 2.19 bits per heavy atom. The van der Waals surface area contributed by atoms with Gasteiger partial charge in [0.05, 0.1) is 11.0 Å². The summed E-state index contributed by atoms with van der Waals surface area (Å²) in [5, 5.41) is 3.48. The van der Waals surface area contributed by atoms with Crippen LogP contribution in [0.15, 0.2) is 102 Å². The van der Waals surface area contributed by atoms with Crippen LogP contribution in [0.2, 0.25) is 0 Å². The fourth-order valence-electron chi connectivity index (χ4n) is 4.17. The van der Waals surface area contributed by atoms with Gasteiger partial charge in [0.15, 0.2) is 0 Å². The number of fused-ring (bicyclic) bond motifs is 2. The van der Waals surface area contributed by atoms with Gasteiger partial charge in [-0.3, -0.25) is 4.57 Å². The highest BCUT2D eigenvalue weighted by Gasteiger charge is 2.17. The van der Waals surface area contributed by atoms with Crippen LogP contribution in [0.3, 0.4) is 0 Å². The molecule has 2 aromatic heterocycles. The lowest BCUT2D eigenvalue weighted by molar-refractivity contribution is 1.11. The van der Waals surface area contributed by atoms with Gasteiger partial charge in [0, 0.05) is 26.7 Å². The molecule has 0 N–H and O–H groups in total. The summed E-state index contributed by atoms with van der Waals surface area (Å²) in [5.41, 5.74) is 8.16. The van der Waals surface area contributed by atoms with E-state index in [0.717, 1.165) is 22.5 Å².